The van der Waals surface area contributed by atoms with E-state index >= 15 is 0 Å². The zero-order chi connectivity index (χ0) is 16.8. The number of amides is 2. The number of anilines is 1. The van der Waals surface area contributed by atoms with Crippen molar-refractivity contribution in [2.45, 2.75) is 0 Å². The number of benzene rings is 2. The second-order valence-electron chi connectivity index (χ2n) is 4.59. The fraction of sp³-hybridized carbons (Fsp3) is 0.125. The molecule has 0 aliphatic heterocycles. The number of hydrogen-bond acceptors (Lipinski definition) is 4. The van der Waals surface area contributed by atoms with Gasteiger partial charge in [-0.25, -0.2) is 4.39 Å². The van der Waals surface area contributed by atoms with Gasteiger partial charge in [0.2, 0.25) is 0 Å². The third-order valence-corrected chi connectivity index (χ3v) is 2.89. The molecule has 0 spiro atoms. The highest BCUT2D eigenvalue weighted by Gasteiger charge is 2.11. The van der Waals surface area contributed by atoms with Crippen LogP contribution in [0.4, 0.5) is 10.1 Å². The fourth-order valence-electron chi connectivity index (χ4n) is 1.83. The topological polar surface area (TPSA) is 90.7 Å². The van der Waals surface area contributed by atoms with Gasteiger partial charge in [0.15, 0.2) is 18.2 Å². The normalized spacial score (nSPS) is 10.0. The van der Waals surface area contributed by atoms with Crippen LogP contribution in [0.1, 0.15) is 10.4 Å². The molecule has 0 atom stereocenters. The van der Waals surface area contributed by atoms with Crippen LogP contribution in [0.25, 0.3) is 0 Å². The summed E-state index contributed by atoms with van der Waals surface area (Å²) in [6.45, 7) is -0.263. The molecule has 0 unspecified atom stereocenters. The van der Waals surface area contributed by atoms with Crippen LogP contribution in [-0.4, -0.2) is 25.5 Å². The summed E-state index contributed by atoms with van der Waals surface area (Å²) in [5.41, 5.74) is 5.58. The van der Waals surface area contributed by atoms with E-state index in [0.717, 1.165) is 6.07 Å². The molecule has 0 saturated carbocycles. The Hall–Kier alpha value is -3.09. The van der Waals surface area contributed by atoms with Crippen molar-refractivity contribution in [3.05, 3.63) is 53.8 Å². The zero-order valence-corrected chi connectivity index (χ0v) is 12.3. The van der Waals surface area contributed by atoms with Crippen molar-refractivity contribution in [3.63, 3.8) is 0 Å². The molecule has 6 nitrogen and oxygen atoms in total. The molecule has 0 aromatic heterocycles. The molecular formula is C16H15FN2O4. The number of carbonyl (C=O) groups is 2. The number of nitrogens with one attached hydrogen (secondary N) is 1. The molecule has 23 heavy (non-hydrogen) atoms. The third kappa shape index (κ3) is 4.44. The van der Waals surface area contributed by atoms with Crippen LogP contribution >= 0.6 is 0 Å². The highest BCUT2D eigenvalue weighted by atomic mass is 19.1. The minimum atomic E-state index is -0.626. The third-order valence-electron chi connectivity index (χ3n) is 2.89. The lowest BCUT2D eigenvalue weighted by molar-refractivity contribution is -0.119. The number of hydrogen-bond donors (Lipinski definition) is 2. The lowest BCUT2D eigenvalue weighted by Gasteiger charge is -2.09. The maximum absolute atomic E-state index is 13.6. The maximum Gasteiger partial charge on any atom is 0.255 e. The average molecular weight is 318 g/mol. The van der Waals surface area contributed by atoms with E-state index in [2.05, 4.69) is 5.32 Å². The van der Waals surface area contributed by atoms with Gasteiger partial charge in [-0.3, -0.25) is 9.59 Å². The van der Waals surface area contributed by atoms with E-state index in [-0.39, 0.29) is 17.9 Å². The van der Waals surface area contributed by atoms with Crippen LogP contribution in [-0.2, 0) is 4.79 Å². The first-order valence-corrected chi connectivity index (χ1v) is 6.65. The summed E-state index contributed by atoms with van der Waals surface area (Å²) >= 11 is 0. The predicted molar refractivity (Wildman–Crippen MR) is 82.0 cm³/mol. The molecule has 120 valence electrons. The fourth-order valence-corrected chi connectivity index (χ4v) is 1.83. The summed E-state index contributed by atoms with van der Waals surface area (Å²) in [5.74, 6) is -1.28. The van der Waals surface area contributed by atoms with Gasteiger partial charge in [-0.2, -0.15) is 0 Å². The number of ether oxygens (including phenoxy) is 2. The summed E-state index contributed by atoms with van der Waals surface area (Å²) in [5, 5.41) is 2.61. The summed E-state index contributed by atoms with van der Waals surface area (Å²) in [4.78, 5) is 22.8. The Balaban J connectivity index is 2.09. The molecule has 7 heteroatoms. The van der Waals surface area contributed by atoms with Gasteiger partial charge in [-0.15, -0.1) is 0 Å². The molecule has 0 saturated heterocycles. The predicted octanol–water partition coefficient (Wildman–Crippen LogP) is 1.95. The first-order valence-electron chi connectivity index (χ1n) is 6.65. The van der Waals surface area contributed by atoms with Crippen molar-refractivity contribution >= 4 is 17.5 Å². The van der Waals surface area contributed by atoms with Crippen molar-refractivity contribution in [3.8, 4) is 11.5 Å². The van der Waals surface area contributed by atoms with Crippen molar-refractivity contribution in [1.29, 1.82) is 0 Å². The van der Waals surface area contributed by atoms with E-state index < -0.39 is 17.6 Å². The molecule has 0 aliphatic rings. The average Bonchev–Trinajstić information content (AvgIpc) is 2.53. The van der Waals surface area contributed by atoms with Gasteiger partial charge in [0.1, 0.15) is 5.75 Å². The summed E-state index contributed by atoms with van der Waals surface area (Å²) in [7, 11) is 1.34. The molecular weight excluding hydrogens is 303 g/mol. The molecule has 0 fully saturated rings. The quantitative estimate of drug-likeness (QED) is 0.851. The number of rotatable bonds is 6. The second kappa shape index (κ2) is 7.26. The number of methoxy groups -OCH3 is 1. The number of primary amides is 1. The molecule has 0 aliphatic carbocycles. The largest absolute Gasteiger partial charge is 0.494 e. The van der Waals surface area contributed by atoms with Crippen molar-refractivity contribution in [2.75, 3.05) is 19.0 Å². The van der Waals surface area contributed by atoms with Gasteiger partial charge >= 0.3 is 0 Å². The minimum absolute atomic E-state index is 0.0587. The highest BCUT2D eigenvalue weighted by molar-refractivity contribution is 6.04. The lowest BCUT2D eigenvalue weighted by atomic mass is 10.2. The van der Waals surface area contributed by atoms with Crippen molar-refractivity contribution in [2.24, 2.45) is 5.73 Å². The van der Waals surface area contributed by atoms with Gasteiger partial charge in [0.05, 0.1) is 7.11 Å². The number of nitrogens with two attached hydrogens (primary N) is 1. The van der Waals surface area contributed by atoms with Gasteiger partial charge in [-0.1, -0.05) is 6.07 Å². The smallest absolute Gasteiger partial charge is 0.255 e. The van der Waals surface area contributed by atoms with Gasteiger partial charge in [-0.05, 0) is 30.3 Å². The first-order chi connectivity index (χ1) is 11.0. The molecule has 0 heterocycles. The van der Waals surface area contributed by atoms with Crippen LogP contribution in [0, 0.1) is 5.82 Å². The molecule has 2 rings (SSSR count). The maximum atomic E-state index is 13.6. The van der Waals surface area contributed by atoms with E-state index in [9.17, 15) is 14.0 Å². The molecule has 0 bridgehead atoms. The van der Waals surface area contributed by atoms with Gasteiger partial charge in [0, 0.05) is 17.3 Å². The Morgan fingerprint density at radius 2 is 2.00 bits per heavy atom. The van der Waals surface area contributed by atoms with Crippen molar-refractivity contribution < 1.29 is 23.5 Å². The van der Waals surface area contributed by atoms with Crippen molar-refractivity contribution in [1.82, 2.24) is 0 Å². The summed E-state index contributed by atoms with van der Waals surface area (Å²) in [6, 6.07) is 10.3. The summed E-state index contributed by atoms with van der Waals surface area (Å²) in [6.07, 6.45) is 0. The minimum Gasteiger partial charge on any atom is -0.494 e. The Morgan fingerprint density at radius 3 is 2.65 bits per heavy atom. The molecule has 2 amide bonds. The van der Waals surface area contributed by atoms with Crippen LogP contribution in [0.2, 0.25) is 0 Å². The number of halogens is 1. The Kier molecular flexibility index (Phi) is 5.14. The van der Waals surface area contributed by atoms with E-state index in [1.54, 1.807) is 18.2 Å². The molecule has 0 radical (unpaired) electrons. The molecule has 3 N–H and O–H groups in total. The highest BCUT2D eigenvalue weighted by Crippen LogP contribution is 2.20. The van der Waals surface area contributed by atoms with E-state index in [1.165, 1.54) is 25.3 Å². The lowest BCUT2D eigenvalue weighted by Crippen LogP contribution is -2.20. The summed E-state index contributed by atoms with van der Waals surface area (Å²) < 4.78 is 23.6. The monoisotopic (exact) mass is 318 g/mol. The molecule has 2 aromatic carbocycles. The first kappa shape index (κ1) is 16.3. The van der Waals surface area contributed by atoms with Crippen LogP contribution in [0.5, 0.6) is 11.5 Å². The second-order valence-corrected chi connectivity index (χ2v) is 4.59. The Morgan fingerprint density at radius 1 is 1.22 bits per heavy atom. The SMILES string of the molecule is COc1ccc(C(=O)Nc2cccc(OCC(N)=O)c2)cc1F. The Labute approximate surface area is 132 Å². The van der Waals surface area contributed by atoms with Gasteiger partial charge < -0.3 is 20.5 Å². The zero-order valence-electron chi connectivity index (χ0n) is 12.3. The Bertz CT molecular complexity index is 734. The van der Waals surface area contributed by atoms with E-state index in [0.29, 0.717) is 11.4 Å². The van der Waals surface area contributed by atoms with E-state index in [1.807, 2.05) is 0 Å². The van der Waals surface area contributed by atoms with Crippen LogP contribution < -0.4 is 20.5 Å². The molecule has 2 aromatic rings. The van der Waals surface area contributed by atoms with Crippen LogP contribution in [0.15, 0.2) is 42.5 Å². The van der Waals surface area contributed by atoms with Crippen LogP contribution in [0.3, 0.4) is 0 Å². The van der Waals surface area contributed by atoms with Gasteiger partial charge in [0.25, 0.3) is 11.8 Å². The van der Waals surface area contributed by atoms with E-state index in [4.69, 9.17) is 15.2 Å². The number of carbonyl (C=O) groups excluding carboxylic acids is 2. The standard InChI is InChI=1S/C16H15FN2O4/c1-22-14-6-5-10(7-13(14)17)16(21)19-11-3-2-4-12(8-11)23-9-15(18)20/h2-8H,9H2,1H3,(H2,18,20)(H,19,21).